The zero-order valence-electron chi connectivity index (χ0n) is 17.8. The third-order valence-electron chi connectivity index (χ3n) is 6.70. The molecule has 3 aliphatic rings. The Morgan fingerprint density at radius 2 is 1.91 bits per heavy atom. The van der Waals surface area contributed by atoms with Crippen LogP contribution in [-0.2, 0) is 14.3 Å². The Bertz CT molecular complexity index is 1090. The molecule has 166 valence electrons. The molecule has 3 aliphatic heterocycles. The van der Waals surface area contributed by atoms with E-state index in [0.717, 1.165) is 10.0 Å². The third-order valence-corrected chi connectivity index (χ3v) is 7.23. The first-order valence-corrected chi connectivity index (χ1v) is 11.6. The van der Waals surface area contributed by atoms with Crippen molar-refractivity contribution in [1.82, 2.24) is 9.80 Å². The summed E-state index contributed by atoms with van der Waals surface area (Å²) in [4.78, 5) is 44.5. The Balaban J connectivity index is 1.38. The summed E-state index contributed by atoms with van der Waals surface area (Å²) in [7, 11) is 0. The molecule has 0 aromatic heterocycles. The van der Waals surface area contributed by atoms with Gasteiger partial charge in [-0.3, -0.25) is 19.3 Å². The van der Waals surface area contributed by atoms with E-state index in [1.54, 1.807) is 32.9 Å². The lowest BCUT2D eigenvalue weighted by atomic mass is 9.98. The van der Waals surface area contributed by atoms with Gasteiger partial charge in [-0.15, -0.1) is 0 Å². The first-order valence-electron chi connectivity index (χ1n) is 10.8. The van der Waals surface area contributed by atoms with Crippen molar-refractivity contribution in [3.63, 3.8) is 0 Å². The quantitative estimate of drug-likeness (QED) is 0.651. The summed E-state index contributed by atoms with van der Waals surface area (Å²) >= 11 is 3.44. The first-order chi connectivity index (χ1) is 15.4. The van der Waals surface area contributed by atoms with Crippen molar-refractivity contribution in [2.45, 2.75) is 31.5 Å². The van der Waals surface area contributed by atoms with Gasteiger partial charge in [-0.1, -0.05) is 40.2 Å². The summed E-state index contributed by atoms with van der Waals surface area (Å²) in [6.07, 6.45) is 0.647. The van der Waals surface area contributed by atoms with Crippen LogP contribution in [0.4, 0.5) is 5.69 Å². The molecular weight excluding hydrogens is 474 g/mol. The van der Waals surface area contributed by atoms with Crippen LogP contribution >= 0.6 is 15.9 Å². The highest BCUT2D eigenvalue weighted by molar-refractivity contribution is 9.10. The fourth-order valence-electron chi connectivity index (χ4n) is 4.93. The number of carbonyl (C=O) groups excluding carboxylic acids is 3. The predicted molar refractivity (Wildman–Crippen MR) is 122 cm³/mol. The van der Waals surface area contributed by atoms with Crippen molar-refractivity contribution in [3.05, 3.63) is 64.1 Å². The van der Waals surface area contributed by atoms with Gasteiger partial charge in [-0.05, 0) is 43.2 Å². The van der Waals surface area contributed by atoms with Crippen LogP contribution in [-0.4, -0.2) is 59.4 Å². The van der Waals surface area contributed by atoms with E-state index in [-0.39, 0.29) is 30.4 Å². The zero-order chi connectivity index (χ0) is 22.5. The average Bonchev–Trinajstić information content (AvgIpc) is 3.12. The SMILES string of the molecule is CC12CCC(=O)N1c1ccccc1C(=O)N2CC(=O)N1CCOC(c2ccc(Br)cc2)C1. The van der Waals surface area contributed by atoms with Crippen molar-refractivity contribution in [2.75, 3.05) is 31.1 Å². The predicted octanol–water partition coefficient (Wildman–Crippen LogP) is 3.35. The molecule has 0 spiro atoms. The molecule has 2 saturated heterocycles. The van der Waals surface area contributed by atoms with Crippen LogP contribution in [0.25, 0.3) is 0 Å². The Hall–Kier alpha value is -2.71. The van der Waals surface area contributed by atoms with E-state index in [1.807, 2.05) is 37.3 Å². The summed E-state index contributed by atoms with van der Waals surface area (Å²) in [5.41, 5.74) is 1.26. The third kappa shape index (κ3) is 3.42. The van der Waals surface area contributed by atoms with Gasteiger partial charge in [0.05, 0.1) is 24.4 Å². The van der Waals surface area contributed by atoms with Crippen LogP contribution in [0.3, 0.4) is 0 Å². The molecule has 8 heteroatoms. The number of amides is 3. The lowest BCUT2D eigenvalue weighted by molar-refractivity contribution is -0.141. The number of nitrogens with zero attached hydrogens (tertiary/aromatic N) is 3. The number of para-hydroxylation sites is 1. The minimum atomic E-state index is -0.838. The van der Waals surface area contributed by atoms with Crippen molar-refractivity contribution >= 4 is 39.3 Å². The second kappa shape index (κ2) is 8.01. The number of ether oxygens (including phenoxy) is 1. The van der Waals surface area contributed by atoms with Crippen LogP contribution < -0.4 is 4.90 Å². The monoisotopic (exact) mass is 497 g/mol. The van der Waals surface area contributed by atoms with E-state index in [4.69, 9.17) is 4.74 Å². The summed E-state index contributed by atoms with van der Waals surface area (Å²) < 4.78 is 6.89. The minimum absolute atomic E-state index is 0.0217. The molecule has 2 fully saturated rings. The minimum Gasteiger partial charge on any atom is -0.370 e. The Morgan fingerprint density at radius 3 is 2.69 bits per heavy atom. The number of rotatable bonds is 3. The van der Waals surface area contributed by atoms with E-state index in [0.29, 0.717) is 43.8 Å². The molecule has 2 aromatic rings. The van der Waals surface area contributed by atoms with Gasteiger partial charge in [-0.2, -0.15) is 0 Å². The van der Waals surface area contributed by atoms with Crippen LogP contribution in [0.5, 0.6) is 0 Å². The van der Waals surface area contributed by atoms with Crippen LogP contribution in [0.2, 0.25) is 0 Å². The lowest BCUT2D eigenvalue weighted by Gasteiger charge is -2.49. The first kappa shape index (κ1) is 21.2. The Kier molecular flexibility index (Phi) is 5.29. The number of carbonyl (C=O) groups is 3. The molecule has 0 aliphatic carbocycles. The summed E-state index contributed by atoms with van der Waals surface area (Å²) in [6.45, 7) is 3.15. The molecule has 3 amide bonds. The van der Waals surface area contributed by atoms with Gasteiger partial charge in [0.15, 0.2) is 0 Å². The topological polar surface area (TPSA) is 70.2 Å². The molecule has 0 N–H and O–H groups in total. The summed E-state index contributed by atoms with van der Waals surface area (Å²) in [5.74, 6) is -0.365. The van der Waals surface area contributed by atoms with E-state index in [2.05, 4.69) is 15.9 Å². The molecule has 3 heterocycles. The number of anilines is 1. The van der Waals surface area contributed by atoms with Crippen molar-refractivity contribution in [3.8, 4) is 0 Å². The van der Waals surface area contributed by atoms with Crippen molar-refractivity contribution in [2.24, 2.45) is 0 Å². The maximum absolute atomic E-state index is 13.4. The van der Waals surface area contributed by atoms with Gasteiger partial charge >= 0.3 is 0 Å². The number of hydrogen-bond acceptors (Lipinski definition) is 4. The van der Waals surface area contributed by atoms with Gasteiger partial charge in [0.2, 0.25) is 11.8 Å². The Labute approximate surface area is 195 Å². The highest BCUT2D eigenvalue weighted by Gasteiger charge is 2.53. The molecule has 7 nitrogen and oxygen atoms in total. The van der Waals surface area contributed by atoms with Crippen molar-refractivity contribution < 1.29 is 19.1 Å². The molecule has 5 rings (SSSR count). The van der Waals surface area contributed by atoms with Gasteiger partial charge in [0, 0.05) is 17.4 Å². The molecule has 0 bridgehead atoms. The second-order valence-corrected chi connectivity index (χ2v) is 9.52. The average molecular weight is 498 g/mol. The van der Waals surface area contributed by atoms with E-state index >= 15 is 0 Å². The molecular formula is C24H24BrN3O4. The largest absolute Gasteiger partial charge is 0.370 e. The van der Waals surface area contributed by atoms with Crippen molar-refractivity contribution in [1.29, 1.82) is 0 Å². The number of halogens is 1. The fourth-order valence-corrected chi connectivity index (χ4v) is 5.20. The molecule has 0 saturated carbocycles. The molecule has 0 radical (unpaired) electrons. The molecule has 2 atom stereocenters. The van der Waals surface area contributed by atoms with Crippen LogP contribution in [0.1, 0.15) is 41.8 Å². The fraction of sp³-hybridized carbons (Fsp3) is 0.375. The summed E-state index contributed by atoms with van der Waals surface area (Å²) in [6, 6.07) is 15.0. The van der Waals surface area contributed by atoms with Crippen LogP contribution in [0.15, 0.2) is 53.0 Å². The van der Waals surface area contributed by atoms with Crippen LogP contribution in [0, 0.1) is 0 Å². The molecule has 2 unspecified atom stereocenters. The highest BCUT2D eigenvalue weighted by atomic mass is 79.9. The second-order valence-electron chi connectivity index (χ2n) is 8.61. The summed E-state index contributed by atoms with van der Waals surface area (Å²) in [5, 5.41) is 0. The molecule has 2 aromatic carbocycles. The standard InChI is InChI=1S/C24H24BrN3O4/c1-24-11-10-21(29)28(24)19-5-3-2-4-18(19)23(31)27(24)15-22(30)26-12-13-32-20(14-26)16-6-8-17(25)9-7-16/h2-9,20H,10-15H2,1H3. The smallest absolute Gasteiger partial charge is 0.258 e. The highest BCUT2D eigenvalue weighted by Crippen LogP contribution is 2.44. The number of hydrogen-bond donors (Lipinski definition) is 0. The normalized spacial score (nSPS) is 25.1. The van der Waals surface area contributed by atoms with E-state index in [1.165, 1.54) is 0 Å². The number of morpholine rings is 1. The van der Waals surface area contributed by atoms with Gasteiger partial charge < -0.3 is 14.5 Å². The maximum Gasteiger partial charge on any atom is 0.258 e. The van der Waals surface area contributed by atoms with E-state index < -0.39 is 5.66 Å². The van der Waals surface area contributed by atoms with Gasteiger partial charge in [0.25, 0.3) is 5.91 Å². The van der Waals surface area contributed by atoms with Gasteiger partial charge in [-0.25, -0.2) is 0 Å². The van der Waals surface area contributed by atoms with E-state index in [9.17, 15) is 14.4 Å². The molecule has 32 heavy (non-hydrogen) atoms. The number of fused-ring (bicyclic) bond motifs is 3. The Morgan fingerprint density at radius 1 is 1.16 bits per heavy atom. The maximum atomic E-state index is 13.4. The lowest BCUT2D eigenvalue weighted by Crippen LogP contribution is -2.64. The van der Waals surface area contributed by atoms with Gasteiger partial charge in [0.1, 0.15) is 18.3 Å². The number of benzene rings is 2. The zero-order valence-corrected chi connectivity index (χ0v) is 19.4.